The van der Waals surface area contributed by atoms with Crippen molar-refractivity contribution in [1.29, 1.82) is 0 Å². The fourth-order valence-corrected chi connectivity index (χ4v) is 5.50. The maximum atomic E-state index is 13.2. The van der Waals surface area contributed by atoms with E-state index in [1.165, 1.54) is 36.4 Å². The first kappa shape index (κ1) is 29.4. The Balaban J connectivity index is 1.75. The molecule has 8 nitrogen and oxygen atoms in total. The zero-order valence-electron chi connectivity index (χ0n) is 20.9. The van der Waals surface area contributed by atoms with Gasteiger partial charge in [-0.25, -0.2) is 17.5 Å². The van der Waals surface area contributed by atoms with Crippen LogP contribution in [0.1, 0.15) is 32.6 Å². The maximum absolute atomic E-state index is 13.2. The van der Waals surface area contributed by atoms with Crippen molar-refractivity contribution in [1.82, 2.24) is 9.62 Å². The molecule has 2 aromatic carbocycles. The van der Waals surface area contributed by atoms with Crippen LogP contribution in [0.25, 0.3) is 0 Å². The van der Waals surface area contributed by atoms with Gasteiger partial charge < -0.3 is 19.1 Å². The molecule has 1 heterocycles. The highest BCUT2D eigenvalue weighted by Gasteiger charge is 2.38. The number of ether oxygens (including phenoxy) is 3. The minimum Gasteiger partial charge on any atom is -0.490 e. The molecule has 1 amide bonds. The molecule has 2 aromatic rings. The first-order valence-electron chi connectivity index (χ1n) is 11.8. The molecule has 1 saturated heterocycles. The second-order valence-corrected chi connectivity index (χ2v) is 11.8. The molecule has 0 radical (unpaired) electrons. The summed E-state index contributed by atoms with van der Waals surface area (Å²) in [5.74, 6) is -0.577. The fourth-order valence-electron chi connectivity index (χ4n) is 3.67. The lowest BCUT2D eigenvalue weighted by atomic mass is 9.95. The van der Waals surface area contributed by atoms with Gasteiger partial charge in [-0.3, -0.25) is 4.79 Å². The number of benzene rings is 2. The van der Waals surface area contributed by atoms with Crippen LogP contribution in [0, 0.1) is 5.82 Å². The topological polar surface area (TPSA) is 94.2 Å². The molecule has 3 rings (SSSR count). The van der Waals surface area contributed by atoms with E-state index in [2.05, 4.69) is 4.72 Å². The van der Waals surface area contributed by atoms with Gasteiger partial charge in [0.2, 0.25) is 0 Å². The standard InChI is InChI=1S/C25H31Cl2FN2O6S/c1-25(11-4-5-13-35-25)24(31)29-37(32,33)20-14-21(26)23(22(27)15-20)36-19(10-12-30(2)3)16-34-18-8-6-17(28)7-9-18/h6-9,14-15,19H,4-5,10-13,16H2,1-3H3,(H,29,31)/t19-,25-/m1/s1. The molecule has 0 bridgehead atoms. The van der Waals surface area contributed by atoms with E-state index in [-0.39, 0.29) is 33.1 Å². The highest BCUT2D eigenvalue weighted by molar-refractivity contribution is 7.90. The van der Waals surface area contributed by atoms with Gasteiger partial charge in [0, 0.05) is 19.6 Å². The van der Waals surface area contributed by atoms with Crippen LogP contribution in [0.4, 0.5) is 4.39 Å². The van der Waals surface area contributed by atoms with Gasteiger partial charge in [-0.05, 0) is 76.7 Å². The first-order valence-corrected chi connectivity index (χ1v) is 14.0. The fraction of sp³-hybridized carbons (Fsp3) is 0.480. The van der Waals surface area contributed by atoms with Gasteiger partial charge >= 0.3 is 0 Å². The van der Waals surface area contributed by atoms with Crippen LogP contribution < -0.4 is 14.2 Å². The minimum atomic E-state index is -4.27. The Morgan fingerprint density at radius 2 is 1.84 bits per heavy atom. The molecule has 12 heteroatoms. The van der Waals surface area contributed by atoms with Crippen molar-refractivity contribution in [3.8, 4) is 11.5 Å². The zero-order valence-corrected chi connectivity index (χ0v) is 23.3. The van der Waals surface area contributed by atoms with E-state index in [0.29, 0.717) is 31.7 Å². The molecular weight excluding hydrogens is 546 g/mol. The molecule has 0 saturated carbocycles. The highest BCUT2D eigenvalue weighted by Crippen LogP contribution is 2.37. The summed E-state index contributed by atoms with van der Waals surface area (Å²) in [5, 5.41) is -0.0887. The molecule has 1 aliphatic rings. The van der Waals surface area contributed by atoms with Gasteiger partial charge in [0.05, 0.1) is 14.9 Å². The summed E-state index contributed by atoms with van der Waals surface area (Å²) in [6, 6.07) is 7.93. The summed E-state index contributed by atoms with van der Waals surface area (Å²) in [4.78, 5) is 14.4. The number of nitrogens with one attached hydrogen (secondary N) is 1. The summed E-state index contributed by atoms with van der Waals surface area (Å²) in [7, 11) is -0.460. The quantitative estimate of drug-likeness (QED) is 0.415. The maximum Gasteiger partial charge on any atom is 0.265 e. The third-order valence-corrected chi connectivity index (χ3v) is 7.76. The van der Waals surface area contributed by atoms with Gasteiger partial charge in [-0.1, -0.05) is 23.2 Å². The number of carbonyl (C=O) groups excluding carboxylic acids is 1. The average Bonchev–Trinajstić information content (AvgIpc) is 2.83. The Morgan fingerprint density at radius 1 is 1.19 bits per heavy atom. The van der Waals surface area contributed by atoms with Crippen molar-refractivity contribution in [2.75, 3.05) is 33.9 Å². The molecule has 0 aliphatic carbocycles. The van der Waals surface area contributed by atoms with Crippen molar-refractivity contribution in [2.45, 2.75) is 49.2 Å². The smallest absolute Gasteiger partial charge is 0.265 e. The Morgan fingerprint density at radius 3 is 2.41 bits per heavy atom. The summed E-state index contributed by atoms with van der Waals surface area (Å²) < 4.78 is 58.4. The third-order valence-electron chi connectivity index (χ3n) is 5.89. The summed E-state index contributed by atoms with van der Waals surface area (Å²) in [6.07, 6.45) is 2.01. The van der Waals surface area contributed by atoms with Crippen LogP contribution in [0.5, 0.6) is 11.5 Å². The first-order chi connectivity index (χ1) is 17.4. The minimum absolute atomic E-state index is 0.0444. The molecule has 0 spiro atoms. The lowest BCUT2D eigenvalue weighted by Crippen LogP contribution is -2.50. The van der Waals surface area contributed by atoms with E-state index in [9.17, 15) is 17.6 Å². The van der Waals surface area contributed by atoms with Crippen LogP contribution in [0.2, 0.25) is 10.0 Å². The SMILES string of the molecule is CN(C)CC[C@H](COc1ccc(F)cc1)Oc1c(Cl)cc(S(=O)(=O)NC(=O)[C@@]2(C)CCCCO2)cc1Cl. The van der Waals surface area contributed by atoms with Gasteiger partial charge in [-0.2, -0.15) is 0 Å². The Kier molecular flexibility index (Phi) is 10.0. The summed E-state index contributed by atoms with van der Waals surface area (Å²) in [5.41, 5.74) is -1.23. The number of hydrogen-bond acceptors (Lipinski definition) is 7. The van der Waals surface area contributed by atoms with E-state index >= 15 is 0 Å². The monoisotopic (exact) mass is 576 g/mol. The number of rotatable bonds is 11. The Bertz CT molecular complexity index is 1170. The molecule has 0 aromatic heterocycles. The van der Waals surface area contributed by atoms with Crippen LogP contribution in [-0.2, 0) is 19.6 Å². The summed E-state index contributed by atoms with van der Waals surface area (Å²) >= 11 is 12.8. The normalized spacial score (nSPS) is 18.9. The van der Waals surface area contributed by atoms with E-state index in [0.717, 1.165) is 12.8 Å². The average molecular weight is 578 g/mol. The van der Waals surface area contributed by atoms with Crippen molar-refractivity contribution in [2.24, 2.45) is 0 Å². The number of halogens is 3. The molecule has 204 valence electrons. The molecule has 37 heavy (non-hydrogen) atoms. The molecular formula is C25H31Cl2FN2O6S. The summed E-state index contributed by atoms with van der Waals surface area (Å²) in [6.45, 7) is 2.72. The second kappa shape index (κ2) is 12.6. The molecule has 2 atom stereocenters. The number of sulfonamides is 1. The molecule has 1 fully saturated rings. The van der Waals surface area contributed by atoms with E-state index in [4.69, 9.17) is 37.4 Å². The van der Waals surface area contributed by atoms with Crippen LogP contribution in [-0.4, -0.2) is 64.8 Å². The van der Waals surface area contributed by atoms with Gasteiger partial charge in [0.15, 0.2) is 5.75 Å². The second-order valence-electron chi connectivity index (χ2n) is 9.28. The molecule has 1 N–H and O–H groups in total. The zero-order chi connectivity index (χ0) is 27.2. The Hall–Kier alpha value is -2.11. The van der Waals surface area contributed by atoms with Crippen molar-refractivity contribution < 1.29 is 31.8 Å². The van der Waals surface area contributed by atoms with E-state index < -0.39 is 27.6 Å². The van der Waals surface area contributed by atoms with Crippen LogP contribution in [0.3, 0.4) is 0 Å². The lowest BCUT2D eigenvalue weighted by molar-refractivity contribution is -0.148. The number of nitrogens with zero attached hydrogens (tertiary/aromatic N) is 1. The van der Waals surface area contributed by atoms with Gasteiger partial charge in [0.1, 0.15) is 29.9 Å². The van der Waals surface area contributed by atoms with E-state index in [1.54, 1.807) is 6.92 Å². The van der Waals surface area contributed by atoms with Crippen LogP contribution in [0.15, 0.2) is 41.3 Å². The highest BCUT2D eigenvalue weighted by atomic mass is 35.5. The molecule has 0 unspecified atom stereocenters. The van der Waals surface area contributed by atoms with Crippen molar-refractivity contribution >= 4 is 39.1 Å². The molecule has 1 aliphatic heterocycles. The van der Waals surface area contributed by atoms with Gasteiger partial charge in [0.25, 0.3) is 15.9 Å². The van der Waals surface area contributed by atoms with Crippen LogP contribution >= 0.6 is 23.2 Å². The predicted molar refractivity (Wildman–Crippen MR) is 139 cm³/mol. The Labute approximate surface area is 227 Å². The number of amides is 1. The van der Waals surface area contributed by atoms with E-state index in [1.807, 2.05) is 19.0 Å². The predicted octanol–water partition coefficient (Wildman–Crippen LogP) is 4.67. The van der Waals surface area contributed by atoms with Gasteiger partial charge in [-0.15, -0.1) is 0 Å². The third kappa shape index (κ3) is 8.19. The van der Waals surface area contributed by atoms with Crippen molar-refractivity contribution in [3.63, 3.8) is 0 Å². The largest absolute Gasteiger partial charge is 0.490 e. The lowest BCUT2D eigenvalue weighted by Gasteiger charge is -2.32. The van der Waals surface area contributed by atoms with Crippen molar-refractivity contribution in [3.05, 3.63) is 52.3 Å². The number of carbonyl (C=O) groups is 1. The number of hydrogen-bond donors (Lipinski definition) is 1.